The Balaban J connectivity index is 1.98. The molecule has 0 bridgehead atoms. The van der Waals surface area contributed by atoms with E-state index in [0.717, 1.165) is 58.8 Å². The van der Waals surface area contributed by atoms with E-state index in [0.29, 0.717) is 0 Å². The smallest absolute Gasteiger partial charge is 0.0864 e. The molecule has 2 saturated heterocycles. The van der Waals surface area contributed by atoms with Crippen molar-refractivity contribution in [3.63, 3.8) is 0 Å². The van der Waals surface area contributed by atoms with E-state index in [4.69, 9.17) is 4.74 Å². The molecule has 5 nitrogen and oxygen atoms in total. The van der Waals surface area contributed by atoms with Crippen LogP contribution in [0.15, 0.2) is 0 Å². The molecule has 17 heavy (non-hydrogen) atoms. The van der Waals surface area contributed by atoms with Crippen molar-refractivity contribution >= 4 is 0 Å². The molecular formula is C12H26N4O. The predicted octanol–water partition coefficient (Wildman–Crippen LogP) is -0.841. The Kier molecular flexibility index (Phi) is 4.76. The lowest BCUT2D eigenvalue weighted by Crippen LogP contribution is -2.70. The number of likely N-dealkylation sites (N-methyl/N-ethyl adjacent to an activating group) is 1. The molecular weight excluding hydrogens is 216 g/mol. The van der Waals surface area contributed by atoms with E-state index >= 15 is 0 Å². The zero-order valence-electron chi connectivity index (χ0n) is 11.2. The third-order valence-corrected chi connectivity index (χ3v) is 4.00. The fraction of sp³-hybridized carbons (Fsp3) is 1.00. The number of piperazine rings is 2. The second kappa shape index (κ2) is 6.11. The number of hydrogen-bond donors (Lipinski definition) is 2. The third-order valence-electron chi connectivity index (χ3n) is 4.00. The first kappa shape index (κ1) is 13.2. The highest BCUT2D eigenvalue weighted by molar-refractivity contribution is 4.95. The summed E-state index contributed by atoms with van der Waals surface area (Å²) in [5, 5.41) is 7.24. The standard InChI is InChI=1S/C12H26N4O/c1-15-6-8-16(9-7-15)12(3-10-17-2)11-13-4-5-14-12/h13-14H,3-11H2,1-2H3. The first-order valence-corrected chi connectivity index (χ1v) is 6.65. The molecule has 0 radical (unpaired) electrons. The van der Waals surface area contributed by atoms with Crippen LogP contribution in [0.4, 0.5) is 0 Å². The number of nitrogens with zero attached hydrogens (tertiary/aromatic N) is 2. The molecule has 0 amide bonds. The van der Waals surface area contributed by atoms with E-state index in [2.05, 4.69) is 27.5 Å². The summed E-state index contributed by atoms with van der Waals surface area (Å²) < 4.78 is 5.28. The van der Waals surface area contributed by atoms with Crippen LogP contribution in [0.3, 0.4) is 0 Å². The zero-order chi connectivity index (χ0) is 12.1. The topological polar surface area (TPSA) is 39.8 Å². The quantitative estimate of drug-likeness (QED) is 0.673. The van der Waals surface area contributed by atoms with Crippen molar-refractivity contribution in [3.05, 3.63) is 0 Å². The van der Waals surface area contributed by atoms with E-state index in [1.54, 1.807) is 7.11 Å². The summed E-state index contributed by atoms with van der Waals surface area (Å²) in [4.78, 5) is 4.99. The van der Waals surface area contributed by atoms with Crippen molar-refractivity contribution in [2.75, 3.05) is 66.6 Å². The van der Waals surface area contributed by atoms with Crippen LogP contribution in [0.1, 0.15) is 6.42 Å². The Morgan fingerprint density at radius 3 is 2.53 bits per heavy atom. The van der Waals surface area contributed by atoms with Gasteiger partial charge in [0, 0.05) is 66.0 Å². The van der Waals surface area contributed by atoms with Crippen molar-refractivity contribution in [1.29, 1.82) is 0 Å². The molecule has 0 aromatic carbocycles. The summed E-state index contributed by atoms with van der Waals surface area (Å²) in [6.07, 6.45) is 1.06. The fourth-order valence-corrected chi connectivity index (χ4v) is 2.81. The van der Waals surface area contributed by atoms with Crippen LogP contribution in [0.5, 0.6) is 0 Å². The molecule has 0 saturated carbocycles. The second-order valence-electron chi connectivity index (χ2n) is 5.17. The minimum absolute atomic E-state index is 0.107. The first-order valence-electron chi connectivity index (χ1n) is 6.65. The summed E-state index contributed by atoms with van der Waals surface area (Å²) in [5.74, 6) is 0. The van der Waals surface area contributed by atoms with Gasteiger partial charge in [0.25, 0.3) is 0 Å². The Labute approximate surface area is 104 Å². The molecule has 1 atom stereocenters. The molecule has 1 unspecified atom stereocenters. The third kappa shape index (κ3) is 3.17. The molecule has 0 spiro atoms. The maximum absolute atomic E-state index is 5.28. The van der Waals surface area contributed by atoms with Gasteiger partial charge in [-0.2, -0.15) is 0 Å². The Bertz CT molecular complexity index is 223. The average Bonchev–Trinajstić information content (AvgIpc) is 2.38. The fourth-order valence-electron chi connectivity index (χ4n) is 2.81. The van der Waals surface area contributed by atoms with Crippen molar-refractivity contribution in [3.8, 4) is 0 Å². The summed E-state index contributed by atoms with van der Waals surface area (Å²) in [5.41, 5.74) is 0.107. The van der Waals surface area contributed by atoms with E-state index in [9.17, 15) is 0 Å². The Morgan fingerprint density at radius 1 is 1.18 bits per heavy atom. The van der Waals surface area contributed by atoms with Crippen molar-refractivity contribution < 1.29 is 4.74 Å². The molecule has 0 aliphatic carbocycles. The summed E-state index contributed by atoms with van der Waals surface area (Å²) >= 11 is 0. The molecule has 2 aliphatic heterocycles. The predicted molar refractivity (Wildman–Crippen MR) is 69.2 cm³/mol. The van der Waals surface area contributed by atoms with Crippen LogP contribution in [-0.2, 0) is 4.74 Å². The summed E-state index contributed by atoms with van der Waals surface area (Å²) in [7, 11) is 3.99. The van der Waals surface area contributed by atoms with E-state index in [1.165, 1.54) is 0 Å². The van der Waals surface area contributed by atoms with Gasteiger partial charge in [0.15, 0.2) is 0 Å². The Hall–Kier alpha value is -0.200. The lowest BCUT2D eigenvalue weighted by molar-refractivity contribution is -0.0139. The Morgan fingerprint density at radius 2 is 1.94 bits per heavy atom. The maximum atomic E-state index is 5.28. The molecule has 2 heterocycles. The number of rotatable bonds is 4. The highest BCUT2D eigenvalue weighted by Gasteiger charge is 2.38. The minimum atomic E-state index is 0.107. The zero-order valence-corrected chi connectivity index (χ0v) is 11.2. The number of nitrogens with one attached hydrogen (secondary N) is 2. The normalized spacial score (nSPS) is 32.8. The monoisotopic (exact) mass is 242 g/mol. The first-order chi connectivity index (χ1) is 8.27. The molecule has 2 rings (SSSR count). The number of hydrogen-bond acceptors (Lipinski definition) is 5. The second-order valence-corrected chi connectivity index (χ2v) is 5.17. The van der Waals surface area contributed by atoms with E-state index in [-0.39, 0.29) is 5.66 Å². The molecule has 2 N–H and O–H groups in total. The van der Waals surface area contributed by atoms with Gasteiger partial charge in [0.2, 0.25) is 0 Å². The molecule has 0 aromatic heterocycles. The van der Waals surface area contributed by atoms with Gasteiger partial charge >= 0.3 is 0 Å². The van der Waals surface area contributed by atoms with Gasteiger partial charge in [-0.15, -0.1) is 0 Å². The van der Waals surface area contributed by atoms with Gasteiger partial charge in [-0.05, 0) is 7.05 Å². The summed E-state index contributed by atoms with van der Waals surface area (Å²) in [6.45, 7) is 8.59. The summed E-state index contributed by atoms with van der Waals surface area (Å²) in [6, 6.07) is 0. The van der Waals surface area contributed by atoms with Crippen LogP contribution in [0.25, 0.3) is 0 Å². The SMILES string of the molecule is COCCC1(N2CCN(C)CC2)CNCCN1. The van der Waals surface area contributed by atoms with Crippen LogP contribution < -0.4 is 10.6 Å². The minimum Gasteiger partial charge on any atom is -0.385 e. The van der Waals surface area contributed by atoms with Gasteiger partial charge < -0.3 is 15.0 Å². The van der Waals surface area contributed by atoms with Crippen molar-refractivity contribution in [2.24, 2.45) is 0 Å². The van der Waals surface area contributed by atoms with Crippen LogP contribution in [0.2, 0.25) is 0 Å². The van der Waals surface area contributed by atoms with Gasteiger partial charge in [-0.3, -0.25) is 10.2 Å². The highest BCUT2D eigenvalue weighted by Crippen LogP contribution is 2.20. The average molecular weight is 242 g/mol. The lowest BCUT2D eigenvalue weighted by Gasteiger charge is -2.50. The van der Waals surface area contributed by atoms with Gasteiger partial charge in [0.1, 0.15) is 0 Å². The van der Waals surface area contributed by atoms with E-state index < -0.39 is 0 Å². The van der Waals surface area contributed by atoms with Crippen LogP contribution >= 0.6 is 0 Å². The van der Waals surface area contributed by atoms with Gasteiger partial charge in [0.05, 0.1) is 5.66 Å². The van der Waals surface area contributed by atoms with Crippen molar-refractivity contribution in [2.45, 2.75) is 12.1 Å². The van der Waals surface area contributed by atoms with Crippen LogP contribution in [-0.4, -0.2) is 82.0 Å². The van der Waals surface area contributed by atoms with Crippen LogP contribution in [0, 0.1) is 0 Å². The number of methoxy groups -OCH3 is 1. The molecule has 5 heteroatoms. The van der Waals surface area contributed by atoms with Gasteiger partial charge in [-0.25, -0.2) is 0 Å². The highest BCUT2D eigenvalue weighted by atomic mass is 16.5. The maximum Gasteiger partial charge on any atom is 0.0864 e. The lowest BCUT2D eigenvalue weighted by atomic mass is 10.0. The molecule has 2 fully saturated rings. The molecule has 2 aliphatic rings. The van der Waals surface area contributed by atoms with Gasteiger partial charge in [-0.1, -0.05) is 0 Å². The largest absolute Gasteiger partial charge is 0.385 e. The van der Waals surface area contributed by atoms with Crippen molar-refractivity contribution in [1.82, 2.24) is 20.4 Å². The molecule has 0 aromatic rings. The van der Waals surface area contributed by atoms with E-state index in [1.807, 2.05) is 0 Å². The number of ether oxygens (including phenoxy) is 1. The molecule has 100 valence electrons.